The third-order valence-corrected chi connectivity index (χ3v) is 5.14. The standard InChI is InChI=1S/C21H23N3O2/c1-16-7-5-6-10-18(16)22-20(25)24-13-11-21(12-14-24)15-19(23-26-21)17-8-3-2-4-9-17/h2-10,15,23H,11-14H2,1H3,(H,22,25). The Labute approximate surface area is 153 Å². The zero-order valence-corrected chi connectivity index (χ0v) is 14.9. The molecule has 0 radical (unpaired) electrons. The molecular formula is C21H23N3O2. The Morgan fingerprint density at radius 3 is 2.50 bits per heavy atom. The number of hydrogen-bond acceptors (Lipinski definition) is 3. The van der Waals surface area contributed by atoms with Crippen LogP contribution in [0.5, 0.6) is 0 Å². The van der Waals surface area contributed by atoms with Crippen molar-refractivity contribution in [3.63, 3.8) is 0 Å². The highest BCUT2D eigenvalue weighted by Gasteiger charge is 2.39. The summed E-state index contributed by atoms with van der Waals surface area (Å²) in [5.41, 5.74) is 6.78. The number of anilines is 1. The fraction of sp³-hybridized carbons (Fsp3) is 0.286. The van der Waals surface area contributed by atoms with Crippen LogP contribution in [0.25, 0.3) is 5.70 Å². The number of urea groups is 1. The highest BCUT2D eigenvalue weighted by Crippen LogP contribution is 2.34. The van der Waals surface area contributed by atoms with Crippen molar-refractivity contribution in [2.45, 2.75) is 25.4 Å². The van der Waals surface area contributed by atoms with Crippen molar-refractivity contribution in [1.82, 2.24) is 10.4 Å². The number of aryl methyl sites for hydroxylation is 1. The summed E-state index contributed by atoms with van der Waals surface area (Å²) >= 11 is 0. The van der Waals surface area contributed by atoms with Crippen LogP contribution in [0.15, 0.2) is 60.7 Å². The molecule has 0 bridgehead atoms. The maximum absolute atomic E-state index is 12.6. The number of hydroxylamine groups is 1. The van der Waals surface area contributed by atoms with Gasteiger partial charge in [0.1, 0.15) is 5.60 Å². The molecule has 2 aromatic rings. The van der Waals surface area contributed by atoms with Gasteiger partial charge in [0, 0.05) is 31.6 Å². The normalized spacial score (nSPS) is 18.3. The predicted molar refractivity (Wildman–Crippen MR) is 102 cm³/mol. The first-order valence-electron chi connectivity index (χ1n) is 8.99. The Kier molecular flexibility index (Phi) is 4.39. The number of hydrogen-bond donors (Lipinski definition) is 2. The Balaban J connectivity index is 1.39. The molecule has 0 atom stereocenters. The summed E-state index contributed by atoms with van der Waals surface area (Å²) in [4.78, 5) is 20.3. The molecular weight excluding hydrogens is 326 g/mol. The molecule has 0 saturated carbocycles. The van der Waals surface area contributed by atoms with E-state index in [2.05, 4.69) is 29.0 Å². The number of nitrogens with one attached hydrogen (secondary N) is 2. The second-order valence-electron chi connectivity index (χ2n) is 6.93. The second-order valence-corrected chi connectivity index (χ2v) is 6.93. The van der Waals surface area contributed by atoms with Gasteiger partial charge >= 0.3 is 6.03 Å². The molecule has 2 aliphatic rings. The van der Waals surface area contributed by atoms with Crippen LogP contribution in [0.1, 0.15) is 24.0 Å². The molecule has 5 nitrogen and oxygen atoms in total. The van der Waals surface area contributed by atoms with E-state index in [9.17, 15) is 4.79 Å². The lowest BCUT2D eigenvalue weighted by Crippen LogP contribution is -2.48. The second kappa shape index (κ2) is 6.84. The van der Waals surface area contributed by atoms with Crippen LogP contribution in [0.2, 0.25) is 0 Å². The molecule has 2 amide bonds. The maximum atomic E-state index is 12.6. The average molecular weight is 349 g/mol. The lowest BCUT2D eigenvalue weighted by molar-refractivity contribution is -0.0634. The lowest BCUT2D eigenvalue weighted by Gasteiger charge is -2.36. The summed E-state index contributed by atoms with van der Waals surface area (Å²) in [6, 6.07) is 17.9. The quantitative estimate of drug-likeness (QED) is 0.863. The SMILES string of the molecule is Cc1ccccc1NC(=O)N1CCC2(C=C(c3ccccc3)NO2)CC1. The van der Waals surface area contributed by atoms with Gasteiger partial charge in [-0.05, 0) is 30.2 Å². The average Bonchev–Trinajstić information content (AvgIpc) is 3.08. The highest BCUT2D eigenvalue weighted by atomic mass is 16.7. The van der Waals surface area contributed by atoms with Crippen LogP contribution < -0.4 is 10.8 Å². The van der Waals surface area contributed by atoms with E-state index in [-0.39, 0.29) is 11.6 Å². The van der Waals surface area contributed by atoms with Gasteiger partial charge in [-0.15, -0.1) is 0 Å². The number of nitrogens with zero attached hydrogens (tertiary/aromatic N) is 1. The number of likely N-dealkylation sites (tertiary alicyclic amines) is 1. The van der Waals surface area contributed by atoms with Gasteiger partial charge in [-0.1, -0.05) is 48.5 Å². The Hall–Kier alpha value is -2.79. The minimum Gasteiger partial charge on any atom is -0.324 e. The third-order valence-electron chi connectivity index (χ3n) is 5.14. The zero-order valence-electron chi connectivity index (χ0n) is 14.9. The van der Waals surface area contributed by atoms with Crippen LogP contribution in [0.3, 0.4) is 0 Å². The van der Waals surface area contributed by atoms with Crippen molar-refractivity contribution in [2.24, 2.45) is 0 Å². The number of carbonyl (C=O) groups is 1. The van der Waals surface area contributed by atoms with Gasteiger partial charge in [0.05, 0.1) is 5.70 Å². The van der Waals surface area contributed by atoms with Crippen molar-refractivity contribution in [1.29, 1.82) is 0 Å². The first-order valence-corrected chi connectivity index (χ1v) is 8.99. The monoisotopic (exact) mass is 349 g/mol. The molecule has 0 aromatic heterocycles. The number of carbonyl (C=O) groups excluding carboxylic acids is 1. The topological polar surface area (TPSA) is 53.6 Å². The molecule has 4 rings (SSSR count). The van der Waals surface area contributed by atoms with Gasteiger partial charge in [0.15, 0.2) is 0 Å². The largest absolute Gasteiger partial charge is 0.324 e. The number of benzene rings is 2. The van der Waals surface area contributed by atoms with E-state index in [0.717, 1.165) is 35.4 Å². The molecule has 1 saturated heterocycles. The molecule has 2 aromatic carbocycles. The smallest absolute Gasteiger partial charge is 0.321 e. The van der Waals surface area contributed by atoms with E-state index >= 15 is 0 Å². The molecule has 2 aliphatic heterocycles. The number of rotatable bonds is 2. The Morgan fingerprint density at radius 1 is 1.08 bits per heavy atom. The number of amides is 2. The fourth-order valence-corrected chi connectivity index (χ4v) is 3.48. The van der Waals surface area contributed by atoms with Crippen molar-refractivity contribution >= 4 is 17.4 Å². The maximum Gasteiger partial charge on any atom is 0.321 e. The van der Waals surface area contributed by atoms with E-state index in [1.807, 2.05) is 54.3 Å². The van der Waals surface area contributed by atoms with E-state index in [4.69, 9.17) is 4.84 Å². The van der Waals surface area contributed by atoms with Crippen molar-refractivity contribution in [2.75, 3.05) is 18.4 Å². The molecule has 0 unspecified atom stereocenters. The van der Waals surface area contributed by atoms with Crippen molar-refractivity contribution < 1.29 is 9.63 Å². The van der Waals surface area contributed by atoms with E-state index < -0.39 is 0 Å². The molecule has 1 spiro atoms. The van der Waals surface area contributed by atoms with Gasteiger partial charge in [-0.25, -0.2) is 4.79 Å². The minimum absolute atomic E-state index is 0.0487. The van der Waals surface area contributed by atoms with Gasteiger partial charge < -0.3 is 10.2 Å². The third kappa shape index (κ3) is 3.30. The van der Waals surface area contributed by atoms with Crippen LogP contribution in [0.4, 0.5) is 10.5 Å². The van der Waals surface area contributed by atoms with Crippen LogP contribution in [-0.2, 0) is 4.84 Å². The number of piperidine rings is 1. The minimum atomic E-state index is -0.329. The first kappa shape index (κ1) is 16.7. The molecule has 26 heavy (non-hydrogen) atoms. The summed E-state index contributed by atoms with van der Waals surface area (Å²) in [6.07, 6.45) is 3.72. The Bertz CT molecular complexity index is 824. The Morgan fingerprint density at radius 2 is 1.77 bits per heavy atom. The van der Waals surface area contributed by atoms with Crippen LogP contribution in [0, 0.1) is 6.92 Å². The molecule has 2 N–H and O–H groups in total. The summed E-state index contributed by atoms with van der Waals surface area (Å²) < 4.78 is 0. The van der Waals surface area contributed by atoms with Gasteiger partial charge in [0.2, 0.25) is 0 Å². The molecule has 134 valence electrons. The number of para-hydroxylation sites is 1. The van der Waals surface area contributed by atoms with Crippen molar-refractivity contribution in [3.05, 3.63) is 71.8 Å². The van der Waals surface area contributed by atoms with E-state index in [1.165, 1.54) is 0 Å². The van der Waals surface area contributed by atoms with Crippen LogP contribution >= 0.6 is 0 Å². The van der Waals surface area contributed by atoms with Crippen LogP contribution in [-0.4, -0.2) is 29.6 Å². The van der Waals surface area contributed by atoms with Gasteiger partial charge in [0.25, 0.3) is 0 Å². The molecule has 1 fully saturated rings. The summed E-state index contributed by atoms with van der Waals surface area (Å²) in [7, 11) is 0. The molecule has 0 aliphatic carbocycles. The highest BCUT2D eigenvalue weighted by molar-refractivity contribution is 5.90. The zero-order chi connectivity index (χ0) is 18.0. The van der Waals surface area contributed by atoms with E-state index in [1.54, 1.807) is 0 Å². The lowest BCUT2D eigenvalue weighted by atomic mass is 9.90. The van der Waals surface area contributed by atoms with Gasteiger partial charge in [-0.3, -0.25) is 10.3 Å². The van der Waals surface area contributed by atoms with E-state index in [0.29, 0.717) is 13.1 Å². The fourth-order valence-electron chi connectivity index (χ4n) is 3.48. The summed E-state index contributed by atoms with van der Waals surface area (Å²) in [6.45, 7) is 3.32. The predicted octanol–water partition coefficient (Wildman–Crippen LogP) is 3.94. The van der Waals surface area contributed by atoms with Crippen molar-refractivity contribution in [3.8, 4) is 0 Å². The van der Waals surface area contributed by atoms with Gasteiger partial charge in [-0.2, -0.15) is 0 Å². The molecule has 2 heterocycles. The summed E-state index contributed by atoms with van der Waals surface area (Å²) in [5.74, 6) is 0. The molecule has 5 heteroatoms. The first-order chi connectivity index (χ1) is 12.7. The summed E-state index contributed by atoms with van der Waals surface area (Å²) in [5, 5.41) is 3.01.